The standard InChI is InChI=1S/C28H34I2N6O7/c1-37-23-19(13-29)42-28(22(34-36-32)25(23)39-15-17-9-5-3-6-10-17)43-24-20(14-30)41-27(38-2)21(33-35-31)26(24)40-16-18-11-7-4-8-12-18/h3-12,19-28H,13-16H2,1-2H3/t19-,20-,21-,22-,23-,24-,25-,26-,27+,28-/m1/s1. The van der Waals surface area contributed by atoms with Gasteiger partial charge in [-0.25, -0.2) is 0 Å². The van der Waals surface area contributed by atoms with Gasteiger partial charge in [-0.2, -0.15) is 0 Å². The Kier molecular flexibility index (Phi) is 14.0. The molecule has 0 amide bonds. The van der Waals surface area contributed by atoms with Gasteiger partial charge in [-0.3, -0.25) is 0 Å². The lowest BCUT2D eigenvalue weighted by Gasteiger charge is -2.48. The summed E-state index contributed by atoms with van der Waals surface area (Å²) in [5, 5.41) is 8.07. The van der Waals surface area contributed by atoms with Crippen molar-refractivity contribution in [2.75, 3.05) is 23.1 Å². The Morgan fingerprint density at radius 3 is 1.60 bits per heavy atom. The number of alkyl halides is 2. The number of halogens is 2. The highest BCUT2D eigenvalue weighted by Gasteiger charge is 2.52. The Morgan fingerprint density at radius 2 is 1.14 bits per heavy atom. The van der Waals surface area contributed by atoms with Crippen LogP contribution in [0, 0.1) is 0 Å². The second kappa shape index (κ2) is 17.7. The van der Waals surface area contributed by atoms with Crippen LogP contribution in [0.5, 0.6) is 0 Å². The normalized spacial score (nSPS) is 32.4. The van der Waals surface area contributed by atoms with Gasteiger partial charge in [0.2, 0.25) is 0 Å². The summed E-state index contributed by atoms with van der Waals surface area (Å²) < 4.78 is 44.5. The zero-order chi connectivity index (χ0) is 30.6. The van der Waals surface area contributed by atoms with Gasteiger partial charge < -0.3 is 33.2 Å². The molecule has 43 heavy (non-hydrogen) atoms. The first-order chi connectivity index (χ1) is 21.1. The van der Waals surface area contributed by atoms with E-state index in [1.54, 1.807) is 7.11 Å². The maximum atomic E-state index is 9.59. The van der Waals surface area contributed by atoms with Gasteiger partial charge in [-0.05, 0) is 22.2 Å². The summed E-state index contributed by atoms with van der Waals surface area (Å²) in [6.45, 7) is 0.493. The number of hydrogen-bond donors (Lipinski definition) is 0. The van der Waals surface area contributed by atoms with Crippen LogP contribution in [0.4, 0.5) is 0 Å². The van der Waals surface area contributed by atoms with Crippen molar-refractivity contribution in [3.63, 3.8) is 0 Å². The lowest BCUT2D eigenvalue weighted by Crippen LogP contribution is -2.64. The van der Waals surface area contributed by atoms with Crippen molar-refractivity contribution in [2.45, 2.75) is 74.5 Å². The van der Waals surface area contributed by atoms with E-state index >= 15 is 0 Å². The second-order valence-electron chi connectivity index (χ2n) is 9.84. The van der Waals surface area contributed by atoms with Crippen molar-refractivity contribution in [3.8, 4) is 0 Å². The number of nitrogens with zero attached hydrogens (tertiary/aromatic N) is 6. The fraction of sp³-hybridized carbons (Fsp3) is 0.571. The molecule has 0 bridgehead atoms. The average Bonchev–Trinajstić information content (AvgIpc) is 3.05. The number of rotatable bonds is 14. The molecule has 0 saturated carbocycles. The summed E-state index contributed by atoms with van der Waals surface area (Å²) in [6.07, 6.45) is -5.67. The molecule has 0 aliphatic carbocycles. The highest BCUT2D eigenvalue weighted by molar-refractivity contribution is 14.1. The smallest absolute Gasteiger partial charge is 0.169 e. The average molecular weight is 820 g/mol. The van der Waals surface area contributed by atoms with Gasteiger partial charge in [0, 0.05) is 32.9 Å². The maximum Gasteiger partial charge on any atom is 0.169 e. The summed E-state index contributed by atoms with van der Waals surface area (Å²) >= 11 is 4.42. The highest BCUT2D eigenvalue weighted by atomic mass is 127. The molecular formula is C28H34I2N6O7. The van der Waals surface area contributed by atoms with Crippen LogP contribution in [0.3, 0.4) is 0 Å². The van der Waals surface area contributed by atoms with E-state index in [1.165, 1.54) is 7.11 Å². The molecule has 0 radical (unpaired) electrons. The Labute approximate surface area is 277 Å². The minimum Gasteiger partial charge on any atom is -0.376 e. The summed E-state index contributed by atoms with van der Waals surface area (Å²) in [6, 6.07) is 17.5. The third-order valence-corrected chi connectivity index (χ3v) is 9.01. The minimum absolute atomic E-state index is 0.226. The van der Waals surface area contributed by atoms with E-state index in [2.05, 4.69) is 65.2 Å². The summed E-state index contributed by atoms with van der Waals surface area (Å²) in [5.74, 6) is 0. The Morgan fingerprint density at radius 1 is 0.674 bits per heavy atom. The molecule has 2 saturated heterocycles. The number of hydrogen-bond acceptors (Lipinski definition) is 9. The van der Waals surface area contributed by atoms with Crippen molar-refractivity contribution in [2.24, 2.45) is 10.2 Å². The highest BCUT2D eigenvalue weighted by Crippen LogP contribution is 2.36. The number of ether oxygens (including phenoxy) is 7. The van der Waals surface area contributed by atoms with Crippen molar-refractivity contribution < 1.29 is 33.2 Å². The molecule has 4 rings (SSSR count). The second-order valence-corrected chi connectivity index (χ2v) is 11.6. The molecule has 232 valence electrons. The molecule has 0 spiro atoms. The summed E-state index contributed by atoms with van der Waals surface area (Å²) in [4.78, 5) is 6.15. The van der Waals surface area contributed by atoms with Crippen molar-refractivity contribution >= 4 is 45.2 Å². The van der Waals surface area contributed by atoms with Crippen LogP contribution in [0.2, 0.25) is 0 Å². The molecule has 13 nitrogen and oxygen atoms in total. The van der Waals surface area contributed by atoms with Crippen LogP contribution in [-0.4, -0.2) is 84.4 Å². The molecule has 0 aromatic heterocycles. The topological polar surface area (TPSA) is 162 Å². The Hall–Kier alpha value is -1.76. The van der Waals surface area contributed by atoms with E-state index in [0.717, 1.165) is 11.1 Å². The SMILES string of the molecule is CO[C@H]1O[C@H](CI)[C@@H](O[C@H]2O[C@H](CI)[C@@H](OC)[C@H](OCc3ccccc3)[C@H]2N=[N+]=[N-])[C@H](OCc2ccccc2)[C@H]1N=[N+]=[N-]. The molecule has 2 aromatic rings. The predicted molar refractivity (Wildman–Crippen MR) is 174 cm³/mol. The van der Waals surface area contributed by atoms with Gasteiger partial charge in [0.25, 0.3) is 0 Å². The number of methoxy groups -OCH3 is 2. The fourth-order valence-corrected chi connectivity index (χ4v) is 6.64. The molecule has 0 N–H and O–H groups in total. The molecular weight excluding hydrogens is 786 g/mol. The van der Waals surface area contributed by atoms with E-state index in [0.29, 0.717) is 8.86 Å². The lowest BCUT2D eigenvalue weighted by atomic mass is 9.95. The minimum atomic E-state index is -1.05. The van der Waals surface area contributed by atoms with Crippen LogP contribution in [0.25, 0.3) is 20.9 Å². The van der Waals surface area contributed by atoms with E-state index in [4.69, 9.17) is 33.2 Å². The van der Waals surface area contributed by atoms with Gasteiger partial charge in [-0.15, -0.1) is 0 Å². The van der Waals surface area contributed by atoms with Crippen molar-refractivity contribution in [1.82, 2.24) is 0 Å². The van der Waals surface area contributed by atoms with Gasteiger partial charge in [-0.1, -0.05) is 116 Å². The zero-order valence-corrected chi connectivity index (χ0v) is 28.0. The summed E-state index contributed by atoms with van der Waals surface area (Å²) in [7, 11) is 3.06. The number of benzene rings is 2. The van der Waals surface area contributed by atoms with Crippen molar-refractivity contribution in [3.05, 3.63) is 92.7 Å². The van der Waals surface area contributed by atoms with Crippen LogP contribution in [0.1, 0.15) is 11.1 Å². The third-order valence-electron chi connectivity index (χ3n) is 7.27. The first-order valence-corrected chi connectivity index (χ1v) is 16.7. The molecule has 2 aliphatic heterocycles. The molecule has 2 aromatic carbocycles. The molecule has 10 atom stereocenters. The van der Waals surface area contributed by atoms with Crippen LogP contribution < -0.4 is 0 Å². The summed E-state index contributed by atoms with van der Waals surface area (Å²) in [5.41, 5.74) is 20.9. The first-order valence-electron chi connectivity index (χ1n) is 13.6. The largest absolute Gasteiger partial charge is 0.376 e. The fourth-order valence-electron chi connectivity index (χ4n) is 5.22. The monoisotopic (exact) mass is 820 g/mol. The molecule has 2 fully saturated rings. The third kappa shape index (κ3) is 8.70. The first kappa shape index (κ1) is 34.1. The lowest BCUT2D eigenvalue weighted by molar-refractivity contribution is -0.324. The Balaban J connectivity index is 1.67. The Bertz CT molecular complexity index is 1220. The maximum absolute atomic E-state index is 9.59. The predicted octanol–water partition coefficient (Wildman–Crippen LogP) is 5.88. The molecule has 15 heteroatoms. The zero-order valence-electron chi connectivity index (χ0n) is 23.7. The quantitative estimate of drug-likeness (QED) is 0.0756. The van der Waals surface area contributed by atoms with E-state index < -0.39 is 61.3 Å². The van der Waals surface area contributed by atoms with E-state index in [9.17, 15) is 11.1 Å². The van der Waals surface area contributed by atoms with Crippen molar-refractivity contribution in [1.29, 1.82) is 0 Å². The molecule has 0 unspecified atom stereocenters. The van der Waals surface area contributed by atoms with Gasteiger partial charge in [0.15, 0.2) is 12.6 Å². The molecule has 2 heterocycles. The number of azide groups is 2. The van der Waals surface area contributed by atoms with E-state index in [1.807, 2.05) is 60.7 Å². The van der Waals surface area contributed by atoms with Crippen LogP contribution >= 0.6 is 45.2 Å². The molecule has 2 aliphatic rings. The van der Waals surface area contributed by atoms with Crippen LogP contribution in [0.15, 0.2) is 70.9 Å². The van der Waals surface area contributed by atoms with Gasteiger partial charge >= 0.3 is 0 Å². The van der Waals surface area contributed by atoms with E-state index in [-0.39, 0.29) is 13.2 Å². The van der Waals surface area contributed by atoms with Gasteiger partial charge in [0.05, 0.1) is 25.4 Å². The van der Waals surface area contributed by atoms with Crippen LogP contribution in [-0.2, 0) is 46.4 Å². The van der Waals surface area contributed by atoms with Gasteiger partial charge in [0.1, 0.15) is 36.5 Å².